The Hall–Kier alpha value is -3.07. The van der Waals surface area contributed by atoms with E-state index in [1.54, 1.807) is 36.1 Å². The normalized spacial score (nSPS) is 20.9. The van der Waals surface area contributed by atoms with Crippen LogP contribution in [0.25, 0.3) is 0 Å². The summed E-state index contributed by atoms with van der Waals surface area (Å²) >= 11 is 6.40. The van der Waals surface area contributed by atoms with Crippen LogP contribution in [0.1, 0.15) is 51.6 Å². The first kappa shape index (κ1) is 23.7. The molecule has 9 heteroatoms. The Bertz CT molecular complexity index is 1220. The Morgan fingerprint density at radius 1 is 1.00 bits per heavy atom. The smallest absolute Gasteiger partial charge is 0.251 e. The molecule has 35 heavy (non-hydrogen) atoms. The fraction of sp³-hybridized carbons (Fsp3) is 0.385. The lowest BCUT2D eigenvalue weighted by atomic mass is 9.84. The van der Waals surface area contributed by atoms with E-state index in [2.05, 4.69) is 5.32 Å². The van der Waals surface area contributed by atoms with Gasteiger partial charge in [-0.05, 0) is 31.9 Å². The summed E-state index contributed by atoms with van der Waals surface area (Å²) in [5.74, 6) is -0.789. The monoisotopic (exact) mass is 495 g/mol. The van der Waals surface area contributed by atoms with Gasteiger partial charge >= 0.3 is 0 Å². The van der Waals surface area contributed by atoms with Gasteiger partial charge in [0.05, 0.1) is 16.8 Å². The third-order valence-corrected chi connectivity index (χ3v) is 7.34. The van der Waals surface area contributed by atoms with Crippen LogP contribution in [0.5, 0.6) is 0 Å². The SMILES string of the molecule is C[C@H](C(=O)Nc1cc2c(cc1Cl)C(=O)c1ccccc1C2=O)N1CCN(C(=O)[C@H]2CCCO2)CC1. The van der Waals surface area contributed by atoms with E-state index in [9.17, 15) is 19.2 Å². The van der Waals surface area contributed by atoms with Crippen LogP contribution >= 0.6 is 11.6 Å². The maximum absolute atomic E-state index is 13.0. The van der Waals surface area contributed by atoms with Crippen molar-refractivity contribution in [1.82, 2.24) is 9.80 Å². The van der Waals surface area contributed by atoms with Gasteiger partial charge in [0.25, 0.3) is 5.91 Å². The summed E-state index contributed by atoms with van der Waals surface area (Å²) in [4.78, 5) is 55.3. The molecule has 2 aromatic rings. The van der Waals surface area contributed by atoms with Crippen LogP contribution in [-0.4, -0.2) is 78.1 Å². The minimum Gasteiger partial charge on any atom is -0.368 e. The molecular weight excluding hydrogens is 470 g/mol. The minimum atomic E-state index is -0.472. The second kappa shape index (κ2) is 9.53. The van der Waals surface area contributed by atoms with E-state index in [-0.39, 0.29) is 51.3 Å². The second-order valence-electron chi connectivity index (χ2n) is 9.11. The van der Waals surface area contributed by atoms with E-state index in [1.165, 1.54) is 12.1 Å². The zero-order chi connectivity index (χ0) is 24.7. The third kappa shape index (κ3) is 4.37. The number of hydrogen-bond acceptors (Lipinski definition) is 6. The highest BCUT2D eigenvalue weighted by Crippen LogP contribution is 2.33. The van der Waals surface area contributed by atoms with Gasteiger partial charge in [-0.25, -0.2) is 0 Å². The molecule has 182 valence electrons. The van der Waals surface area contributed by atoms with Crippen LogP contribution in [0.2, 0.25) is 5.02 Å². The molecule has 0 bridgehead atoms. The summed E-state index contributed by atoms with van der Waals surface area (Å²) in [5.41, 5.74) is 1.44. The van der Waals surface area contributed by atoms with Crippen LogP contribution in [0.4, 0.5) is 5.69 Å². The molecule has 2 atom stereocenters. The summed E-state index contributed by atoms with van der Waals surface area (Å²) < 4.78 is 5.50. The zero-order valence-corrected chi connectivity index (χ0v) is 20.1. The number of carbonyl (C=O) groups is 4. The van der Waals surface area contributed by atoms with Crippen molar-refractivity contribution in [3.05, 3.63) is 63.7 Å². The number of amides is 2. The number of ether oxygens (including phenoxy) is 1. The molecule has 0 radical (unpaired) electrons. The van der Waals surface area contributed by atoms with Crippen LogP contribution in [0.3, 0.4) is 0 Å². The predicted octanol–water partition coefficient (Wildman–Crippen LogP) is 2.77. The number of nitrogens with zero attached hydrogens (tertiary/aromatic N) is 2. The van der Waals surface area contributed by atoms with Gasteiger partial charge in [0.1, 0.15) is 6.10 Å². The maximum Gasteiger partial charge on any atom is 0.251 e. The van der Waals surface area contributed by atoms with Crippen molar-refractivity contribution < 1.29 is 23.9 Å². The predicted molar refractivity (Wildman–Crippen MR) is 130 cm³/mol. The number of fused-ring (bicyclic) bond motifs is 2. The van der Waals surface area contributed by atoms with E-state index in [1.807, 2.05) is 4.90 Å². The lowest BCUT2D eigenvalue weighted by molar-refractivity contribution is -0.143. The van der Waals surface area contributed by atoms with E-state index < -0.39 is 6.04 Å². The first-order valence-corrected chi connectivity index (χ1v) is 12.2. The average molecular weight is 496 g/mol. The molecule has 2 aromatic carbocycles. The highest BCUT2D eigenvalue weighted by Gasteiger charge is 2.34. The van der Waals surface area contributed by atoms with Gasteiger partial charge in [0.15, 0.2) is 11.6 Å². The average Bonchev–Trinajstić information content (AvgIpc) is 3.42. The lowest BCUT2D eigenvalue weighted by Crippen LogP contribution is -2.55. The Morgan fingerprint density at radius 2 is 1.63 bits per heavy atom. The van der Waals surface area contributed by atoms with Gasteiger partial charge in [0.2, 0.25) is 5.91 Å². The third-order valence-electron chi connectivity index (χ3n) is 7.03. The van der Waals surface area contributed by atoms with Crippen molar-refractivity contribution in [3.63, 3.8) is 0 Å². The topological polar surface area (TPSA) is 96.0 Å². The van der Waals surface area contributed by atoms with Crippen molar-refractivity contribution in [2.75, 3.05) is 38.1 Å². The fourth-order valence-electron chi connectivity index (χ4n) is 4.92. The maximum atomic E-state index is 13.0. The van der Waals surface area contributed by atoms with Gasteiger partial charge in [-0.15, -0.1) is 0 Å². The Kier molecular flexibility index (Phi) is 6.44. The second-order valence-corrected chi connectivity index (χ2v) is 9.52. The number of ketones is 2. The van der Waals surface area contributed by atoms with Crippen LogP contribution in [0, 0.1) is 0 Å². The molecule has 2 fully saturated rings. The molecule has 2 saturated heterocycles. The number of hydrogen-bond donors (Lipinski definition) is 1. The summed E-state index contributed by atoms with van der Waals surface area (Å²) in [6.07, 6.45) is 1.33. The quantitative estimate of drug-likeness (QED) is 0.598. The standard InChI is InChI=1S/C26H26ClN3O5/c1-15(29-8-10-30(11-9-29)26(34)22-7-4-12-35-22)25(33)28-21-14-19-18(13-20(21)27)23(31)16-5-2-3-6-17(16)24(19)32/h2-3,5-6,13-15,22H,4,7-12H2,1H3,(H,28,33)/t15-,22-/m1/s1. The summed E-state index contributed by atoms with van der Waals surface area (Å²) in [6, 6.07) is 9.13. The molecule has 2 heterocycles. The number of nitrogens with one attached hydrogen (secondary N) is 1. The minimum absolute atomic E-state index is 0.0286. The number of carbonyl (C=O) groups excluding carboxylic acids is 4. The van der Waals surface area contributed by atoms with Gasteiger partial charge in [-0.1, -0.05) is 35.9 Å². The Morgan fingerprint density at radius 3 is 2.23 bits per heavy atom. The first-order chi connectivity index (χ1) is 16.8. The zero-order valence-electron chi connectivity index (χ0n) is 19.4. The molecule has 0 spiro atoms. The molecule has 5 rings (SSSR count). The fourth-order valence-corrected chi connectivity index (χ4v) is 5.13. The summed E-state index contributed by atoms with van der Waals surface area (Å²) in [6.45, 7) is 4.62. The molecule has 0 aromatic heterocycles. The van der Waals surface area contributed by atoms with Crippen LogP contribution < -0.4 is 5.32 Å². The molecule has 3 aliphatic rings. The molecular formula is C26H26ClN3O5. The number of halogens is 1. The number of rotatable bonds is 4. The van der Waals surface area contributed by atoms with Crippen molar-refractivity contribution in [1.29, 1.82) is 0 Å². The number of piperazine rings is 1. The summed E-state index contributed by atoms with van der Waals surface area (Å²) in [5, 5.41) is 3.01. The van der Waals surface area contributed by atoms with Gasteiger partial charge in [-0.3, -0.25) is 24.1 Å². The number of benzene rings is 2. The highest BCUT2D eigenvalue weighted by atomic mass is 35.5. The number of anilines is 1. The largest absolute Gasteiger partial charge is 0.368 e. The molecule has 1 aliphatic carbocycles. The first-order valence-electron chi connectivity index (χ1n) is 11.8. The van der Waals surface area contributed by atoms with Gasteiger partial charge < -0.3 is 15.0 Å². The highest BCUT2D eigenvalue weighted by molar-refractivity contribution is 6.36. The lowest BCUT2D eigenvalue weighted by Gasteiger charge is -2.38. The van der Waals surface area contributed by atoms with E-state index >= 15 is 0 Å². The van der Waals surface area contributed by atoms with E-state index in [0.29, 0.717) is 43.9 Å². The van der Waals surface area contributed by atoms with E-state index in [4.69, 9.17) is 16.3 Å². The molecule has 0 unspecified atom stereocenters. The van der Waals surface area contributed by atoms with Crippen LogP contribution in [-0.2, 0) is 14.3 Å². The molecule has 2 aliphatic heterocycles. The molecule has 0 saturated carbocycles. The van der Waals surface area contributed by atoms with Crippen LogP contribution in [0.15, 0.2) is 36.4 Å². The van der Waals surface area contributed by atoms with Gasteiger partial charge in [-0.2, -0.15) is 0 Å². The van der Waals surface area contributed by atoms with Crippen molar-refractivity contribution in [3.8, 4) is 0 Å². The van der Waals surface area contributed by atoms with Crippen molar-refractivity contribution >= 4 is 40.7 Å². The molecule has 2 amide bonds. The van der Waals surface area contributed by atoms with Crippen molar-refractivity contribution in [2.24, 2.45) is 0 Å². The Balaban J connectivity index is 1.26. The van der Waals surface area contributed by atoms with Crippen molar-refractivity contribution in [2.45, 2.75) is 31.9 Å². The van der Waals surface area contributed by atoms with Gasteiger partial charge in [0, 0.05) is 55.0 Å². The molecule has 1 N–H and O–H groups in total. The summed E-state index contributed by atoms with van der Waals surface area (Å²) in [7, 11) is 0. The Labute approximate surface area is 208 Å². The van der Waals surface area contributed by atoms with E-state index in [0.717, 1.165) is 12.8 Å². The molecule has 8 nitrogen and oxygen atoms in total.